The molecule has 1 amide bonds. The highest BCUT2D eigenvalue weighted by Crippen LogP contribution is 2.33. The second kappa shape index (κ2) is 8.15. The number of aryl methyl sites for hydroxylation is 1. The number of carbonyl (C=O) groups excluding carboxylic acids is 1. The number of aromatic nitrogens is 2. The number of anilines is 1. The molecule has 0 radical (unpaired) electrons. The Kier molecular flexibility index (Phi) is 5.33. The number of rotatable bonds is 3. The van der Waals surface area contributed by atoms with Gasteiger partial charge in [0.1, 0.15) is 17.0 Å². The molecule has 1 aliphatic rings. The molecule has 0 aliphatic carbocycles. The minimum atomic E-state index is -0.0931. The number of hydrogen-bond donors (Lipinski definition) is 0. The van der Waals surface area contributed by atoms with Crippen molar-refractivity contribution in [2.75, 3.05) is 31.1 Å². The Balaban J connectivity index is 1.35. The van der Waals surface area contributed by atoms with Crippen LogP contribution >= 0.6 is 34.5 Å². The van der Waals surface area contributed by atoms with Crippen molar-refractivity contribution in [1.29, 1.82) is 0 Å². The van der Waals surface area contributed by atoms with Gasteiger partial charge in [-0.15, -0.1) is 0 Å². The van der Waals surface area contributed by atoms with Crippen molar-refractivity contribution in [1.82, 2.24) is 15.0 Å². The molecule has 1 fully saturated rings. The Morgan fingerprint density at radius 1 is 1.10 bits per heavy atom. The topological polar surface area (TPSA) is 62.5 Å². The molecular formula is C22H18Cl2N4O2S. The number of hydrogen-bond acceptors (Lipinski definition) is 6. The lowest BCUT2D eigenvalue weighted by atomic mass is 10.0. The summed E-state index contributed by atoms with van der Waals surface area (Å²) in [5.41, 5.74) is 2.58. The molecule has 0 saturated carbocycles. The number of nitrogens with zero attached hydrogens (tertiary/aromatic N) is 4. The number of piperazine rings is 1. The maximum absolute atomic E-state index is 13.3. The van der Waals surface area contributed by atoms with E-state index in [-0.39, 0.29) is 5.91 Å². The highest BCUT2D eigenvalue weighted by Gasteiger charge is 2.30. The fourth-order valence-corrected chi connectivity index (χ4v) is 5.26. The zero-order valence-electron chi connectivity index (χ0n) is 16.6. The van der Waals surface area contributed by atoms with E-state index in [0.29, 0.717) is 58.8 Å². The fraction of sp³-hybridized carbons (Fsp3) is 0.227. The summed E-state index contributed by atoms with van der Waals surface area (Å²) in [5.74, 6) is 0.398. The molecule has 0 unspecified atom stereocenters. The van der Waals surface area contributed by atoms with Crippen LogP contribution in [0, 0.1) is 6.92 Å². The molecule has 0 N–H and O–H groups in total. The number of halogens is 2. The van der Waals surface area contributed by atoms with Crippen molar-refractivity contribution >= 4 is 55.8 Å². The number of amides is 1. The standard InChI is InChI=1S/C22H18Cl2N4O2S/c1-13-19(20(26-30-13)15-4-2-3-5-16(15)24)21(29)27-8-10-28(11-9-27)22-25-17-7-6-14(23)12-18(17)31-22/h2-7,12H,8-11H2,1H3. The van der Waals surface area contributed by atoms with E-state index in [1.54, 1.807) is 24.3 Å². The van der Waals surface area contributed by atoms with Crippen molar-refractivity contribution in [3.63, 3.8) is 0 Å². The van der Waals surface area contributed by atoms with E-state index in [9.17, 15) is 4.79 Å². The molecule has 3 heterocycles. The maximum atomic E-state index is 13.3. The number of thiazole rings is 1. The van der Waals surface area contributed by atoms with Gasteiger partial charge in [0.25, 0.3) is 5.91 Å². The molecular weight excluding hydrogens is 455 g/mol. The average Bonchev–Trinajstić information content (AvgIpc) is 3.37. The van der Waals surface area contributed by atoms with Crippen molar-refractivity contribution < 1.29 is 9.32 Å². The average molecular weight is 473 g/mol. The molecule has 158 valence electrons. The predicted octanol–water partition coefficient (Wildman–Crippen LogP) is 5.53. The zero-order valence-corrected chi connectivity index (χ0v) is 19.0. The van der Waals surface area contributed by atoms with E-state index in [1.807, 2.05) is 41.3 Å². The molecule has 2 aromatic carbocycles. The Bertz CT molecular complexity index is 1280. The van der Waals surface area contributed by atoms with Crippen LogP contribution in [0.4, 0.5) is 5.13 Å². The molecule has 0 spiro atoms. The van der Waals surface area contributed by atoms with Gasteiger partial charge in [-0.25, -0.2) is 4.98 Å². The van der Waals surface area contributed by atoms with Crippen molar-refractivity contribution in [2.45, 2.75) is 6.92 Å². The normalized spacial score (nSPS) is 14.4. The van der Waals surface area contributed by atoms with Crippen LogP contribution in [-0.2, 0) is 0 Å². The highest BCUT2D eigenvalue weighted by atomic mass is 35.5. The first-order chi connectivity index (χ1) is 15.0. The van der Waals surface area contributed by atoms with Gasteiger partial charge >= 0.3 is 0 Å². The third-order valence-electron chi connectivity index (χ3n) is 5.38. The lowest BCUT2D eigenvalue weighted by Gasteiger charge is -2.34. The Morgan fingerprint density at radius 2 is 1.87 bits per heavy atom. The smallest absolute Gasteiger partial charge is 0.259 e. The molecule has 0 bridgehead atoms. The first kappa shape index (κ1) is 20.3. The molecule has 4 aromatic rings. The van der Waals surface area contributed by atoms with Crippen LogP contribution in [0.15, 0.2) is 47.0 Å². The Hall–Kier alpha value is -2.61. The van der Waals surface area contributed by atoms with E-state index in [0.717, 1.165) is 15.3 Å². The second-order valence-electron chi connectivity index (χ2n) is 7.33. The van der Waals surface area contributed by atoms with Gasteiger partial charge < -0.3 is 14.3 Å². The van der Waals surface area contributed by atoms with Gasteiger partial charge in [0.05, 0.1) is 15.2 Å². The van der Waals surface area contributed by atoms with Crippen molar-refractivity contribution in [3.05, 3.63) is 63.8 Å². The summed E-state index contributed by atoms with van der Waals surface area (Å²) in [6, 6.07) is 13.0. The van der Waals surface area contributed by atoms with Crippen molar-refractivity contribution in [3.8, 4) is 11.3 Å². The maximum Gasteiger partial charge on any atom is 0.259 e. The van der Waals surface area contributed by atoms with Gasteiger partial charge in [-0.3, -0.25) is 4.79 Å². The molecule has 0 atom stereocenters. The number of benzene rings is 2. The van der Waals surface area contributed by atoms with Gasteiger partial charge in [0.2, 0.25) is 0 Å². The number of carbonyl (C=O) groups is 1. The van der Waals surface area contributed by atoms with Gasteiger partial charge in [-0.1, -0.05) is 57.9 Å². The van der Waals surface area contributed by atoms with Crippen LogP contribution in [0.2, 0.25) is 10.0 Å². The van der Waals surface area contributed by atoms with E-state index in [2.05, 4.69) is 10.1 Å². The van der Waals surface area contributed by atoms with E-state index < -0.39 is 0 Å². The van der Waals surface area contributed by atoms with Crippen LogP contribution in [0.1, 0.15) is 16.1 Å². The van der Waals surface area contributed by atoms with E-state index >= 15 is 0 Å². The van der Waals surface area contributed by atoms with E-state index in [4.69, 9.17) is 32.7 Å². The fourth-order valence-electron chi connectivity index (χ4n) is 3.74. The first-order valence-electron chi connectivity index (χ1n) is 9.83. The van der Waals surface area contributed by atoms with Gasteiger partial charge in [-0.2, -0.15) is 0 Å². The van der Waals surface area contributed by atoms with Crippen LogP contribution < -0.4 is 4.90 Å². The summed E-state index contributed by atoms with van der Waals surface area (Å²) in [7, 11) is 0. The molecule has 5 rings (SSSR count). The monoisotopic (exact) mass is 472 g/mol. The van der Waals surface area contributed by atoms with Crippen LogP contribution in [-0.4, -0.2) is 47.1 Å². The van der Waals surface area contributed by atoms with E-state index in [1.165, 1.54) is 0 Å². The third kappa shape index (κ3) is 3.78. The van der Waals surface area contributed by atoms with Gasteiger partial charge in [0.15, 0.2) is 5.13 Å². The number of fused-ring (bicyclic) bond motifs is 1. The summed E-state index contributed by atoms with van der Waals surface area (Å²) < 4.78 is 6.43. The third-order valence-corrected chi connectivity index (χ3v) is 7.03. The zero-order chi connectivity index (χ0) is 21.5. The Labute approximate surface area is 193 Å². The minimum absolute atomic E-state index is 0.0931. The van der Waals surface area contributed by atoms with Crippen LogP contribution in [0.5, 0.6) is 0 Å². The second-order valence-corrected chi connectivity index (χ2v) is 9.18. The lowest BCUT2D eigenvalue weighted by Crippen LogP contribution is -2.49. The predicted molar refractivity (Wildman–Crippen MR) is 124 cm³/mol. The van der Waals surface area contributed by atoms with Crippen molar-refractivity contribution in [2.24, 2.45) is 0 Å². The summed E-state index contributed by atoms with van der Waals surface area (Å²) in [6.07, 6.45) is 0. The van der Waals surface area contributed by atoms with Gasteiger partial charge in [0, 0.05) is 36.8 Å². The van der Waals surface area contributed by atoms with Crippen LogP contribution in [0.25, 0.3) is 21.5 Å². The molecule has 1 saturated heterocycles. The summed E-state index contributed by atoms with van der Waals surface area (Å²) in [4.78, 5) is 22.1. The summed E-state index contributed by atoms with van der Waals surface area (Å²) in [5, 5.41) is 6.30. The molecule has 2 aromatic heterocycles. The summed E-state index contributed by atoms with van der Waals surface area (Å²) >= 11 is 14.0. The minimum Gasteiger partial charge on any atom is -0.360 e. The lowest BCUT2D eigenvalue weighted by molar-refractivity contribution is 0.0745. The SMILES string of the molecule is Cc1onc(-c2ccccc2Cl)c1C(=O)N1CCN(c2nc3ccc(Cl)cc3s2)CC1. The van der Waals surface area contributed by atoms with Gasteiger partial charge in [-0.05, 0) is 31.2 Å². The highest BCUT2D eigenvalue weighted by molar-refractivity contribution is 7.22. The molecule has 6 nitrogen and oxygen atoms in total. The molecule has 1 aliphatic heterocycles. The quantitative estimate of drug-likeness (QED) is 0.392. The summed E-state index contributed by atoms with van der Waals surface area (Å²) in [6.45, 7) is 4.32. The largest absolute Gasteiger partial charge is 0.360 e. The first-order valence-corrected chi connectivity index (χ1v) is 11.4. The molecule has 9 heteroatoms. The van der Waals surface area contributed by atoms with Crippen LogP contribution in [0.3, 0.4) is 0 Å². The Morgan fingerprint density at radius 3 is 2.65 bits per heavy atom. The molecule has 31 heavy (non-hydrogen) atoms.